The van der Waals surface area contributed by atoms with Crippen LogP contribution in [-0.4, -0.2) is 63.0 Å². The van der Waals surface area contributed by atoms with E-state index in [1.54, 1.807) is 36.8 Å². The largest absolute Gasteiger partial charge is 0.383 e. The van der Waals surface area contributed by atoms with Crippen LogP contribution in [0.4, 0.5) is 0 Å². The molecule has 0 saturated carbocycles. The van der Waals surface area contributed by atoms with Gasteiger partial charge in [-0.15, -0.1) is 0 Å². The minimum Gasteiger partial charge on any atom is -0.383 e. The molecule has 1 aliphatic carbocycles. The Hall–Kier alpha value is -2.94. The molecule has 0 bridgehead atoms. The minimum atomic E-state index is -0.366. The third kappa shape index (κ3) is 4.62. The van der Waals surface area contributed by atoms with Crippen LogP contribution in [0.3, 0.4) is 0 Å². The van der Waals surface area contributed by atoms with E-state index in [0.717, 1.165) is 24.1 Å². The third-order valence-corrected chi connectivity index (χ3v) is 6.26. The number of amides is 2. The van der Waals surface area contributed by atoms with E-state index in [1.807, 2.05) is 6.92 Å². The van der Waals surface area contributed by atoms with E-state index >= 15 is 0 Å². The fourth-order valence-corrected chi connectivity index (χ4v) is 4.67. The lowest BCUT2D eigenvalue weighted by atomic mass is 9.74. The molecule has 1 aliphatic heterocycles. The number of hydrogen-bond donors (Lipinski definition) is 1. The van der Waals surface area contributed by atoms with Crippen molar-refractivity contribution in [2.24, 2.45) is 11.3 Å². The van der Waals surface area contributed by atoms with Crippen LogP contribution in [0.2, 0.25) is 0 Å². The predicted molar refractivity (Wildman–Crippen MR) is 117 cm³/mol. The number of ether oxygens (including phenoxy) is 1. The van der Waals surface area contributed by atoms with Crippen LogP contribution >= 0.6 is 0 Å². The second kappa shape index (κ2) is 8.90. The van der Waals surface area contributed by atoms with E-state index < -0.39 is 0 Å². The summed E-state index contributed by atoms with van der Waals surface area (Å²) in [6.45, 7) is 7.16. The standard InChI is InChI=1S/C23H30N6O3/c1-14(13-32-4)29-12-15(7-20(29)30)22(31)28-18-9-23(2,3)8-17-16(18)10-26-21(27-17)19-11-24-5-6-25-19/h5-6,10-11,14-15,18H,7-9,12-13H2,1-4H3,(H,28,31)/t14-,15+,18-/m0/s1. The maximum Gasteiger partial charge on any atom is 0.225 e. The second-order valence-electron chi connectivity index (χ2n) is 9.54. The summed E-state index contributed by atoms with van der Waals surface area (Å²) in [4.78, 5) is 44.9. The van der Waals surface area contributed by atoms with Crippen LogP contribution in [0.1, 0.15) is 50.9 Å². The Bertz CT molecular complexity index is 996. The highest BCUT2D eigenvalue weighted by molar-refractivity contribution is 5.89. The van der Waals surface area contributed by atoms with Gasteiger partial charge in [-0.3, -0.25) is 14.6 Å². The van der Waals surface area contributed by atoms with Crippen molar-refractivity contribution in [1.82, 2.24) is 30.2 Å². The van der Waals surface area contributed by atoms with E-state index in [-0.39, 0.29) is 41.7 Å². The number of hydrogen-bond acceptors (Lipinski definition) is 7. The summed E-state index contributed by atoms with van der Waals surface area (Å²) < 4.78 is 5.17. The summed E-state index contributed by atoms with van der Waals surface area (Å²) in [6.07, 6.45) is 8.46. The van der Waals surface area contributed by atoms with E-state index in [4.69, 9.17) is 9.72 Å². The minimum absolute atomic E-state index is 0.00369. The molecule has 0 spiro atoms. The zero-order chi connectivity index (χ0) is 22.9. The molecule has 9 heteroatoms. The number of carbonyl (C=O) groups is 2. The lowest BCUT2D eigenvalue weighted by Gasteiger charge is -2.37. The van der Waals surface area contributed by atoms with Gasteiger partial charge in [0.15, 0.2) is 5.82 Å². The van der Waals surface area contributed by atoms with Crippen molar-refractivity contribution in [2.45, 2.75) is 52.1 Å². The van der Waals surface area contributed by atoms with E-state index in [0.29, 0.717) is 24.7 Å². The molecule has 32 heavy (non-hydrogen) atoms. The van der Waals surface area contributed by atoms with Gasteiger partial charge in [0.2, 0.25) is 11.8 Å². The normalized spacial score (nSPS) is 23.0. The molecule has 3 heterocycles. The van der Waals surface area contributed by atoms with Crippen LogP contribution in [0.15, 0.2) is 24.8 Å². The molecule has 2 amide bonds. The molecular weight excluding hydrogens is 408 g/mol. The first-order valence-corrected chi connectivity index (χ1v) is 11.0. The van der Waals surface area contributed by atoms with E-state index in [1.165, 1.54) is 0 Å². The van der Waals surface area contributed by atoms with E-state index in [9.17, 15) is 9.59 Å². The second-order valence-corrected chi connectivity index (χ2v) is 9.54. The lowest BCUT2D eigenvalue weighted by molar-refractivity contribution is -0.131. The first-order chi connectivity index (χ1) is 15.3. The topological polar surface area (TPSA) is 110 Å². The molecule has 2 aromatic heterocycles. The number of rotatable bonds is 6. The SMILES string of the molecule is COC[C@H](C)N1C[C@H](C(=O)N[C@H]2CC(C)(C)Cc3nc(-c4cnccn4)ncc32)CC1=O. The average Bonchev–Trinajstić information content (AvgIpc) is 3.15. The predicted octanol–water partition coefficient (Wildman–Crippen LogP) is 1.95. The van der Waals surface area contributed by atoms with Crippen LogP contribution < -0.4 is 5.32 Å². The molecule has 2 aliphatic rings. The Morgan fingerprint density at radius 1 is 1.31 bits per heavy atom. The molecule has 1 fully saturated rings. The first kappa shape index (κ1) is 22.3. The first-order valence-electron chi connectivity index (χ1n) is 11.0. The Labute approximate surface area is 188 Å². The van der Waals surface area contributed by atoms with Crippen molar-refractivity contribution in [3.8, 4) is 11.5 Å². The Kier molecular flexibility index (Phi) is 6.19. The zero-order valence-electron chi connectivity index (χ0n) is 19.0. The number of likely N-dealkylation sites (tertiary alicyclic amines) is 1. The summed E-state index contributed by atoms with van der Waals surface area (Å²) in [5, 5.41) is 3.19. The van der Waals surface area contributed by atoms with Gasteiger partial charge in [-0.05, 0) is 25.2 Å². The molecule has 9 nitrogen and oxygen atoms in total. The molecule has 2 aromatic rings. The number of carbonyl (C=O) groups excluding carboxylic acids is 2. The van der Waals surface area contributed by atoms with Crippen molar-refractivity contribution < 1.29 is 14.3 Å². The number of methoxy groups -OCH3 is 1. The van der Waals surface area contributed by atoms with Crippen LogP contribution in [0, 0.1) is 11.3 Å². The molecule has 0 aromatic carbocycles. The van der Waals surface area contributed by atoms with Gasteiger partial charge < -0.3 is 15.0 Å². The molecule has 0 radical (unpaired) electrons. The maximum atomic E-state index is 13.1. The molecule has 1 saturated heterocycles. The highest BCUT2D eigenvalue weighted by atomic mass is 16.5. The van der Waals surface area contributed by atoms with E-state index in [2.05, 4.69) is 34.1 Å². The van der Waals surface area contributed by atoms with Gasteiger partial charge in [0.05, 0.1) is 36.5 Å². The summed E-state index contributed by atoms with van der Waals surface area (Å²) in [5.41, 5.74) is 2.43. The average molecular weight is 439 g/mol. The molecule has 3 atom stereocenters. The molecule has 0 unspecified atom stereocenters. The van der Waals surface area contributed by atoms with Gasteiger partial charge in [-0.2, -0.15) is 0 Å². The monoisotopic (exact) mass is 438 g/mol. The van der Waals surface area contributed by atoms with Gasteiger partial charge >= 0.3 is 0 Å². The van der Waals surface area contributed by atoms with Crippen LogP contribution in [0.25, 0.3) is 11.5 Å². The van der Waals surface area contributed by atoms with Crippen molar-refractivity contribution in [3.05, 3.63) is 36.0 Å². The lowest BCUT2D eigenvalue weighted by Crippen LogP contribution is -2.41. The summed E-state index contributed by atoms with van der Waals surface area (Å²) in [6, 6.07) is -0.245. The Morgan fingerprint density at radius 3 is 2.84 bits per heavy atom. The number of aromatic nitrogens is 4. The molecule has 170 valence electrons. The van der Waals surface area contributed by atoms with Gasteiger partial charge in [-0.25, -0.2) is 15.0 Å². The third-order valence-electron chi connectivity index (χ3n) is 6.26. The fraction of sp³-hybridized carbons (Fsp3) is 0.565. The zero-order valence-corrected chi connectivity index (χ0v) is 19.0. The summed E-state index contributed by atoms with van der Waals surface area (Å²) >= 11 is 0. The van der Waals surface area contributed by atoms with Crippen molar-refractivity contribution in [3.63, 3.8) is 0 Å². The van der Waals surface area contributed by atoms with Crippen molar-refractivity contribution in [1.29, 1.82) is 0 Å². The summed E-state index contributed by atoms with van der Waals surface area (Å²) in [7, 11) is 1.61. The Morgan fingerprint density at radius 2 is 2.12 bits per heavy atom. The Balaban J connectivity index is 1.52. The highest BCUT2D eigenvalue weighted by Gasteiger charge is 2.39. The number of fused-ring (bicyclic) bond motifs is 1. The quantitative estimate of drug-likeness (QED) is 0.734. The number of nitrogens with zero attached hydrogens (tertiary/aromatic N) is 5. The van der Waals surface area contributed by atoms with Crippen LogP contribution in [0.5, 0.6) is 0 Å². The van der Waals surface area contributed by atoms with Gasteiger partial charge in [-0.1, -0.05) is 13.8 Å². The van der Waals surface area contributed by atoms with Gasteiger partial charge in [0, 0.05) is 44.2 Å². The smallest absolute Gasteiger partial charge is 0.225 e. The highest BCUT2D eigenvalue weighted by Crippen LogP contribution is 2.40. The van der Waals surface area contributed by atoms with Crippen molar-refractivity contribution >= 4 is 11.8 Å². The fourth-order valence-electron chi connectivity index (χ4n) is 4.67. The van der Waals surface area contributed by atoms with Gasteiger partial charge in [0.25, 0.3) is 0 Å². The van der Waals surface area contributed by atoms with Crippen LogP contribution in [-0.2, 0) is 20.7 Å². The van der Waals surface area contributed by atoms with Gasteiger partial charge in [0.1, 0.15) is 5.69 Å². The number of nitrogens with one attached hydrogen (secondary N) is 1. The van der Waals surface area contributed by atoms with Crippen molar-refractivity contribution in [2.75, 3.05) is 20.3 Å². The maximum absolute atomic E-state index is 13.1. The summed E-state index contributed by atoms with van der Waals surface area (Å²) in [5.74, 6) is 0.0620. The molecule has 1 N–H and O–H groups in total. The molecular formula is C23H30N6O3. The molecule has 4 rings (SSSR count).